The molecule has 0 radical (unpaired) electrons. The zero-order valence-corrected chi connectivity index (χ0v) is 16.5. The fourth-order valence-corrected chi connectivity index (χ4v) is 4.32. The van der Waals surface area contributed by atoms with Crippen molar-refractivity contribution in [3.05, 3.63) is 54.6 Å². The van der Waals surface area contributed by atoms with Crippen molar-refractivity contribution in [2.75, 3.05) is 6.54 Å². The first-order valence-corrected chi connectivity index (χ1v) is 9.71. The summed E-state index contributed by atoms with van der Waals surface area (Å²) in [5.74, 6) is -0.750. The molecular formula is C23H27NO4. The molecule has 2 unspecified atom stereocenters. The number of rotatable bonds is 4. The number of carbonyl (C=O) groups is 3. The van der Waals surface area contributed by atoms with E-state index in [4.69, 9.17) is 4.74 Å². The number of likely N-dealkylation sites (tertiary alicyclic amines) is 1. The molecule has 0 aromatic heterocycles. The molecule has 1 aliphatic heterocycles. The highest BCUT2D eigenvalue weighted by Crippen LogP contribution is 2.49. The first kappa shape index (κ1) is 20.1. The highest BCUT2D eigenvalue weighted by molar-refractivity contribution is 6.01. The summed E-state index contributed by atoms with van der Waals surface area (Å²) in [6.07, 6.45) is 5.68. The lowest BCUT2D eigenvalue weighted by molar-refractivity contribution is -0.149. The second-order valence-electron chi connectivity index (χ2n) is 8.24. The molecule has 148 valence electrons. The summed E-state index contributed by atoms with van der Waals surface area (Å²) in [4.78, 5) is 38.3. The molecule has 5 nitrogen and oxygen atoms in total. The van der Waals surface area contributed by atoms with Crippen LogP contribution in [-0.4, -0.2) is 35.3 Å². The minimum Gasteiger partial charge on any atom is -0.459 e. The van der Waals surface area contributed by atoms with Crippen LogP contribution < -0.4 is 0 Å². The molecule has 1 aromatic carbocycles. The van der Waals surface area contributed by atoms with Gasteiger partial charge in [-0.1, -0.05) is 50.8 Å². The van der Waals surface area contributed by atoms with Crippen molar-refractivity contribution in [2.45, 2.75) is 39.2 Å². The van der Waals surface area contributed by atoms with Gasteiger partial charge in [-0.05, 0) is 47.8 Å². The van der Waals surface area contributed by atoms with E-state index < -0.39 is 0 Å². The van der Waals surface area contributed by atoms with Gasteiger partial charge in [-0.3, -0.25) is 14.5 Å². The summed E-state index contributed by atoms with van der Waals surface area (Å²) < 4.78 is 5.69. The lowest BCUT2D eigenvalue weighted by atomic mass is 9.61. The van der Waals surface area contributed by atoms with Crippen LogP contribution in [0.3, 0.4) is 0 Å². The van der Waals surface area contributed by atoms with E-state index in [9.17, 15) is 14.4 Å². The maximum atomic E-state index is 12.6. The Bertz CT molecular complexity index is 796. The van der Waals surface area contributed by atoms with Gasteiger partial charge in [-0.15, -0.1) is 0 Å². The molecule has 3 atom stereocenters. The largest absolute Gasteiger partial charge is 0.459 e. The Hall–Kier alpha value is -2.69. The average molecular weight is 381 g/mol. The molecule has 28 heavy (non-hydrogen) atoms. The van der Waals surface area contributed by atoms with Gasteiger partial charge in [0.15, 0.2) is 0 Å². The second-order valence-corrected chi connectivity index (χ2v) is 8.24. The molecule has 2 aliphatic rings. The van der Waals surface area contributed by atoms with Crippen LogP contribution in [0.15, 0.2) is 49.1 Å². The molecule has 5 heteroatoms. The number of esters is 1. The van der Waals surface area contributed by atoms with Gasteiger partial charge in [0.05, 0.1) is 0 Å². The zero-order chi connectivity index (χ0) is 20.3. The van der Waals surface area contributed by atoms with E-state index in [0.29, 0.717) is 19.4 Å². The maximum Gasteiger partial charge on any atom is 0.331 e. The highest BCUT2D eigenvalue weighted by Gasteiger charge is 2.49. The molecule has 1 saturated carbocycles. The zero-order valence-electron chi connectivity index (χ0n) is 16.5. The predicted octanol–water partition coefficient (Wildman–Crippen LogP) is 3.61. The lowest BCUT2D eigenvalue weighted by Crippen LogP contribution is -2.45. The quantitative estimate of drug-likeness (QED) is 0.590. The van der Waals surface area contributed by atoms with Gasteiger partial charge in [-0.25, -0.2) is 4.79 Å². The number of hydrogen-bond acceptors (Lipinski definition) is 4. The first-order chi connectivity index (χ1) is 13.3. The smallest absolute Gasteiger partial charge is 0.331 e. The molecule has 0 spiro atoms. The van der Waals surface area contributed by atoms with Crippen LogP contribution in [0.2, 0.25) is 0 Å². The molecule has 3 rings (SSSR count). The second kappa shape index (κ2) is 8.13. The monoisotopic (exact) mass is 381 g/mol. The van der Waals surface area contributed by atoms with Gasteiger partial charge >= 0.3 is 5.97 Å². The average Bonchev–Trinajstić information content (AvgIpc) is 2.72. The summed E-state index contributed by atoms with van der Waals surface area (Å²) in [6.45, 7) is 8.14. The van der Waals surface area contributed by atoms with Crippen molar-refractivity contribution >= 4 is 23.9 Å². The Balaban J connectivity index is 1.70. The molecule has 0 N–H and O–H groups in total. The van der Waals surface area contributed by atoms with E-state index in [2.05, 4.69) is 20.4 Å². The summed E-state index contributed by atoms with van der Waals surface area (Å²) in [6, 6.07) is 9.57. The van der Waals surface area contributed by atoms with E-state index in [1.807, 2.05) is 30.3 Å². The fourth-order valence-electron chi connectivity index (χ4n) is 4.32. The van der Waals surface area contributed by atoms with Crippen molar-refractivity contribution in [2.24, 2.45) is 17.3 Å². The van der Waals surface area contributed by atoms with Crippen LogP contribution >= 0.6 is 0 Å². The maximum absolute atomic E-state index is 12.6. The Morgan fingerprint density at radius 3 is 2.54 bits per heavy atom. The molecule has 1 saturated heterocycles. The lowest BCUT2D eigenvalue weighted by Gasteiger charge is -2.46. The number of imide groups is 1. The molecule has 2 fully saturated rings. The van der Waals surface area contributed by atoms with E-state index in [0.717, 1.165) is 5.56 Å². The van der Waals surface area contributed by atoms with Crippen LogP contribution in [0.1, 0.15) is 38.7 Å². The Labute approximate surface area is 166 Å². The topological polar surface area (TPSA) is 63.7 Å². The fraction of sp³-hybridized carbons (Fsp3) is 0.435. The van der Waals surface area contributed by atoms with E-state index >= 15 is 0 Å². The SMILES string of the molecule is C=CC(=O)N1CC2C[C@@H](OC(=O)/C=C/c3ccccc3)CC(CC1=O)C2(C)C. The van der Waals surface area contributed by atoms with E-state index in [1.165, 1.54) is 17.1 Å². The number of ether oxygens (including phenoxy) is 1. The number of carbonyl (C=O) groups excluding carboxylic acids is 3. The number of hydrogen-bond donors (Lipinski definition) is 0. The number of fused-ring (bicyclic) bond motifs is 2. The van der Waals surface area contributed by atoms with Crippen molar-refractivity contribution in [3.8, 4) is 0 Å². The number of nitrogens with zero attached hydrogens (tertiary/aromatic N) is 1. The van der Waals surface area contributed by atoms with Crippen molar-refractivity contribution < 1.29 is 19.1 Å². The van der Waals surface area contributed by atoms with Gasteiger partial charge in [0.2, 0.25) is 5.91 Å². The third-order valence-corrected chi connectivity index (χ3v) is 6.26. The van der Waals surface area contributed by atoms with Crippen molar-refractivity contribution in [3.63, 3.8) is 0 Å². The highest BCUT2D eigenvalue weighted by atomic mass is 16.5. The Kier molecular flexibility index (Phi) is 5.82. The third-order valence-electron chi connectivity index (χ3n) is 6.26. The molecule has 1 heterocycles. The summed E-state index contributed by atoms with van der Waals surface area (Å²) in [5, 5.41) is 0. The van der Waals surface area contributed by atoms with Gasteiger partial charge in [0.1, 0.15) is 6.10 Å². The standard InChI is InChI=1S/C23H27NO4/c1-4-20(25)24-15-18-13-19(12-17(14-21(24)26)23(18,2)3)28-22(27)11-10-16-8-6-5-7-9-16/h4-11,17-19H,1,12-15H2,2-3H3/b11-10+/t17?,18?,19-/m0/s1. The van der Waals surface area contributed by atoms with Crippen molar-refractivity contribution in [1.29, 1.82) is 0 Å². The van der Waals surface area contributed by atoms with Crippen LogP contribution in [0.4, 0.5) is 0 Å². The summed E-state index contributed by atoms with van der Waals surface area (Å²) in [7, 11) is 0. The number of benzene rings is 1. The van der Waals surface area contributed by atoms with Crippen LogP contribution in [0.5, 0.6) is 0 Å². The molecule has 1 aromatic rings. The molecule has 2 amide bonds. The minimum absolute atomic E-state index is 0.0669. The van der Waals surface area contributed by atoms with Gasteiger partial charge in [0, 0.05) is 19.0 Å². The van der Waals surface area contributed by atoms with Gasteiger partial charge in [0.25, 0.3) is 5.91 Å². The van der Waals surface area contributed by atoms with E-state index in [1.54, 1.807) is 6.08 Å². The first-order valence-electron chi connectivity index (χ1n) is 9.71. The molecule has 1 aliphatic carbocycles. The summed E-state index contributed by atoms with van der Waals surface area (Å²) in [5.41, 5.74) is 0.830. The Morgan fingerprint density at radius 2 is 1.86 bits per heavy atom. The molecular weight excluding hydrogens is 354 g/mol. The Morgan fingerprint density at radius 1 is 1.18 bits per heavy atom. The van der Waals surface area contributed by atoms with Gasteiger partial charge < -0.3 is 4.74 Å². The summed E-state index contributed by atoms with van der Waals surface area (Å²) >= 11 is 0. The van der Waals surface area contributed by atoms with Crippen LogP contribution in [-0.2, 0) is 19.1 Å². The van der Waals surface area contributed by atoms with Crippen molar-refractivity contribution in [1.82, 2.24) is 4.90 Å². The normalized spacial score (nSPS) is 26.6. The number of amides is 2. The van der Waals surface area contributed by atoms with E-state index in [-0.39, 0.29) is 47.6 Å². The van der Waals surface area contributed by atoms with Gasteiger partial charge in [-0.2, -0.15) is 0 Å². The third kappa shape index (κ3) is 4.24. The minimum atomic E-state index is -0.379. The molecule has 2 bridgehead atoms. The van der Waals surface area contributed by atoms with Crippen LogP contribution in [0.25, 0.3) is 6.08 Å². The predicted molar refractivity (Wildman–Crippen MR) is 107 cm³/mol. The van der Waals surface area contributed by atoms with Crippen LogP contribution in [0, 0.1) is 17.3 Å².